The molecule has 1 aromatic rings. The third-order valence-corrected chi connectivity index (χ3v) is 4.86. The third kappa shape index (κ3) is 2.80. The van der Waals surface area contributed by atoms with Gasteiger partial charge in [0, 0.05) is 0 Å². The van der Waals surface area contributed by atoms with Crippen LogP contribution in [0.2, 0.25) is 0 Å². The molecule has 2 N–H and O–H groups in total. The van der Waals surface area contributed by atoms with Crippen LogP contribution >= 0.6 is 0 Å². The Kier molecular flexibility index (Phi) is 3.95. The molecule has 0 spiro atoms. The van der Waals surface area contributed by atoms with Crippen LogP contribution in [-0.4, -0.2) is 17.0 Å². The number of hydrogen-bond donors (Lipinski definition) is 2. The van der Waals surface area contributed by atoms with Crippen LogP contribution in [0.5, 0.6) is 0 Å². The standard InChI is InChI=1S/C17H21NO3/c19-16(13-8-4-9-14(13)17(20)21)18-15-10-3-6-11-5-1-2-7-12(11)15/h1-2,5,7,13-15H,3-4,6,8-10H2,(H,18,19)(H,20,21)/t13-,14?,15-/m1/s1. The van der Waals surface area contributed by atoms with Gasteiger partial charge in [-0.1, -0.05) is 30.7 Å². The van der Waals surface area contributed by atoms with Crippen molar-refractivity contribution in [2.45, 2.75) is 44.6 Å². The van der Waals surface area contributed by atoms with Gasteiger partial charge in [-0.25, -0.2) is 0 Å². The third-order valence-electron chi connectivity index (χ3n) is 4.86. The molecule has 3 atom stereocenters. The number of carboxylic acids is 1. The summed E-state index contributed by atoms with van der Waals surface area (Å²) in [4.78, 5) is 23.7. The summed E-state index contributed by atoms with van der Waals surface area (Å²) in [6.45, 7) is 0. The van der Waals surface area contributed by atoms with Crippen LogP contribution in [-0.2, 0) is 16.0 Å². The van der Waals surface area contributed by atoms with Gasteiger partial charge in [-0.05, 0) is 43.2 Å². The molecule has 0 saturated heterocycles. The highest BCUT2D eigenvalue weighted by Gasteiger charge is 2.38. The van der Waals surface area contributed by atoms with Gasteiger partial charge in [0.05, 0.1) is 17.9 Å². The van der Waals surface area contributed by atoms with E-state index >= 15 is 0 Å². The lowest BCUT2D eigenvalue weighted by atomic mass is 9.87. The molecule has 3 rings (SSSR count). The lowest BCUT2D eigenvalue weighted by molar-refractivity contribution is -0.146. The lowest BCUT2D eigenvalue weighted by Crippen LogP contribution is -2.38. The van der Waals surface area contributed by atoms with Crippen molar-refractivity contribution in [1.82, 2.24) is 5.32 Å². The normalized spacial score (nSPS) is 27.9. The maximum absolute atomic E-state index is 12.5. The van der Waals surface area contributed by atoms with Crippen LogP contribution in [0.25, 0.3) is 0 Å². The Morgan fingerprint density at radius 3 is 2.62 bits per heavy atom. The molecule has 1 amide bonds. The minimum Gasteiger partial charge on any atom is -0.481 e. The van der Waals surface area contributed by atoms with Gasteiger partial charge in [-0.15, -0.1) is 0 Å². The molecular formula is C17H21NO3. The van der Waals surface area contributed by atoms with Crippen molar-refractivity contribution in [2.24, 2.45) is 11.8 Å². The van der Waals surface area contributed by atoms with E-state index in [1.165, 1.54) is 11.1 Å². The lowest BCUT2D eigenvalue weighted by Gasteiger charge is -2.28. The van der Waals surface area contributed by atoms with Gasteiger partial charge in [0.1, 0.15) is 0 Å². The van der Waals surface area contributed by atoms with E-state index in [1.807, 2.05) is 12.1 Å². The second-order valence-corrected chi connectivity index (χ2v) is 6.13. The van der Waals surface area contributed by atoms with Gasteiger partial charge >= 0.3 is 5.97 Å². The SMILES string of the molecule is O=C(O)C1CCC[C@H]1C(=O)N[C@@H]1CCCc2ccccc21. The molecule has 4 nitrogen and oxygen atoms in total. The number of amides is 1. The zero-order valence-corrected chi connectivity index (χ0v) is 12.0. The van der Waals surface area contributed by atoms with Crippen LogP contribution in [0.3, 0.4) is 0 Å². The molecule has 2 aliphatic rings. The molecule has 21 heavy (non-hydrogen) atoms. The Bertz CT molecular complexity index is 555. The smallest absolute Gasteiger partial charge is 0.307 e. The van der Waals surface area contributed by atoms with Gasteiger partial charge in [-0.3, -0.25) is 9.59 Å². The minimum atomic E-state index is -0.836. The van der Waals surface area contributed by atoms with Crippen LogP contribution < -0.4 is 5.32 Å². The quantitative estimate of drug-likeness (QED) is 0.898. The average Bonchev–Trinajstić information content (AvgIpc) is 2.97. The fourth-order valence-corrected chi connectivity index (χ4v) is 3.75. The second-order valence-electron chi connectivity index (χ2n) is 6.13. The number of hydrogen-bond acceptors (Lipinski definition) is 2. The molecule has 1 unspecified atom stereocenters. The Morgan fingerprint density at radius 1 is 1.05 bits per heavy atom. The molecule has 1 saturated carbocycles. The fraction of sp³-hybridized carbons (Fsp3) is 0.529. The van der Waals surface area contributed by atoms with Crippen molar-refractivity contribution in [1.29, 1.82) is 0 Å². The number of benzene rings is 1. The number of nitrogens with one attached hydrogen (secondary N) is 1. The fourth-order valence-electron chi connectivity index (χ4n) is 3.75. The van der Waals surface area contributed by atoms with E-state index in [9.17, 15) is 14.7 Å². The first-order chi connectivity index (χ1) is 10.2. The molecule has 1 aromatic carbocycles. The van der Waals surface area contributed by atoms with Crippen molar-refractivity contribution in [3.8, 4) is 0 Å². The van der Waals surface area contributed by atoms with Gasteiger partial charge < -0.3 is 10.4 Å². The zero-order valence-electron chi connectivity index (χ0n) is 12.0. The highest BCUT2D eigenvalue weighted by molar-refractivity contribution is 5.85. The van der Waals surface area contributed by atoms with Crippen LogP contribution in [0.4, 0.5) is 0 Å². The van der Waals surface area contributed by atoms with Crippen molar-refractivity contribution in [3.63, 3.8) is 0 Å². The number of carbonyl (C=O) groups excluding carboxylic acids is 1. The maximum Gasteiger partial charge on any atom is 0.307 e. The van der Waals surface area contributed by atoms with Crippen LogP contribution in [0.15, 0.2) is 24.3 Å². The number of carbonyl (C=O) groups is 2. The number of aryl methyl sites for hydroxylation is 1. The molecule has 112 valence electrons. The second kappa shape index (κ2) is 5.88. The molecule has 1 fully saturated rings. The Labute approximate surface area is 124 Å². The van der Waals surface area contributed by atoms with E-state index in [4.69, 9.17) is 0 Å². The molecule has 0 bridgehead atoms. The average molecular weight is 287 g/mol. The molecule has 2 aliphatic carbocycles. The Balaban J connectivity index is 1.73. The maximum atomic E-state index is 12.5. The summed E-state index contributed by atoms with van der Waals surface area (Å²) in [5.41, 5.74) is 2.50. The summed E-state index contributed by atoms with van der Waals surface area (Å²) in [6.07, 6.45) is 5.20. The summed E-state index contributed by atoms with van der Waals surface area (Å²) in [5, 5.41) is 12.3. The largest absolute Gasteiger partial charge is 0.481 e. The predicted octanol–water partition coefficient (Wildman–Crippen LogP) is 2.68. The highest BCUT2D eigenvalue weighted by Crippen LogP contribution is 2.34. The van der Waals surface area contributed by atoms with Crippen LogP contribution in [0.1, 0.15) is 49.3 Å². The van der Waals surface area contributed by atoms with Crippen molar-refractivity contribution < 1.29 is 14.7 Å². The summed E-state index contributed by atoms with van der Waals surface area (Å²) in [7, 11) is 0. The number of fused-ring (bicyclic) bond motifs is 1. The van der Waals surface area contributed by atoms with Gasteiger partial charge in [0.2, 0.25) is 5.91 Å². The zero-order chi connectivity index (χ0) is 14.8. The van der Waals surface area contributed by atoms with Crippen molar-refractivity contribution in [2.75, 3.05) is 0 Å². The van der Waals surface area contributed by atoms with E-state index < -0.39 is 11.9 Å². The van der Waals surface area contributed by atoms with Gasteiger partial charge in [0.15, 0.2) is 0 Å². The van der Waals surface area contributed by atoms with Crippen molar-refractivity contribution >= 4 is 11.9 Å². The highest BCUT2D eigenvalue weighted by atomic mass is 16.4. The summed E-state index contributed by atoms with van der Waals surface area (Å²) < 4.78 is 0. The van der Waals surface area contributed by atoms with Gasteiger partial charge in [0.25, 0.3) is 0 Å². The molecule has 0 aliphatic heterocycles. The van der Waals surface area contributed by atoms with Crippen LogP contribution in [0, 0.1) is 11.8 Å². The van der Waals surface area contributed by atoms with E-state index in [0.717, 1.165) is 25.7 Å². The molecule has 0 radical (unpaired) electrons. The van der Waals surface area contributed by atoms with Gasteiger partial charge in [-0.2, -0.15) is 0 Å². The molecule has 0 heterocycles. The topological polar surface area (TPSA) is 66.4 Å². The minimum absolute atomic E-state index is 0.0393. The first-order valence-electron chi connectivity index (χ1n) is 7.78. The summed E-state index contributed by atoms with van der Waals surface area (Å²) in [6, 6.07) is 8.25. The molecule has 4 heteroatoms. The van der Waals surface area contributed by atoms with Crippen molar-refractivity contribution in [3.05, 3.63) is 35.4 Å². The number of carboxylic acid groups (broad SMARTS) is 1. The number of aliphatic carboxylic acids is 1. The monoisotopic (exact) mass is 287 g/mol. The first-order valence-corrected chi connectivity index (χ1v) is 7.78. The summed E-state index contributed by atoms with van der Waals surface area (Å²) >= 11 is 0. The van der Waals surface area contributed by atoms with E-state index in [-0.39, 0.29) is 17.9 Å². The summed E-state index contributed by atoms with van der Waals surface area (Å²) in [5.74, 6) is -1.79. The number of rotatable bonds is 3. The predicted molar refractivity (Wildman–Crippen MR) is 78.7 cm³/mol. The first kappa shape index (κ1) is 14.1. The van der Waals surface area contributed by atoms with E-state index in [1.54, 1.807) is 0 Å². The Morgan fingerprint density at radius 2 is 1.81 bits per heavy atom. The molecular weight excluding hydrogens is 266 g/mol. The Hall–Kier alpha value is -1.84. The van der Waals surface area contributed by atoms with E-state index in [0.29, 0.717) is 12.8 Å². The van der Waals surface area contributed by atoms with E-state index in [2.05, 4.69) is 17.4 Å². The molecule has 0 aromatic heterocycles.